The minimum atomic E-state index is -0.286. The van der Waals surface area contributed by atoms with Crippen LogP contribution in [0.3, 0.4) is 0 Å². The second-order valence-electron chi connectivity index (χ2n) is 6.97. The van der Waals surface area contributed by atoms with Gasteiger partial charge < -0.3 is 10.0 Å². The van der Waals surface area contributed by atoms with E-state index in [4.69, 9.17) is 0 Å². The van der Waals surface area contributed by atoms with E-state index in [0.717, 1.165) is 31.7 Å². The second-order valence-corrected chi connectivity index (χ2v) is 6.97. The first-order valence-electron chi connectivity index (χ1n) is 8.93. The normalized spacial score (nSPS) is 15.6. The van der Waals surface area contributed by atoms with Crippen LogP contribution in [-0.4, -0.2) is 36.2 Å². The molecule has 4 nitrogen and oxygen atoms in total. The summed E-state index contributed by atoms with van der Waals surface area (Å²) in [5.41, 5.74) is 2.64. The second kappa shape index (κ2) is 7.70. The van der Waals surface area contributed by atoms with Gasteiger partial charge in [0.15, 0.2) is 5.75 Å². The first-order chi connectivity index (χ1) is 12.0. The molecule has 0 unspecified atom stereocenters. The molecule has 0 spiro atoms. The summed E-state index contributed by atoms with van der Waals surface area (Å²) < 4.78 is 0. The first kappa shape index (κ1) is 17.5. The Bertz CT molecular complexity index is 766. The Morgan fingerprint density at radius 1 is 1.00 bits per heavy atom. The molecule has 0 aliphatic carbocycles. The van der Waals surface area contributed by atoms with Gasteiger partial charge in [0.05, 0.1) is 0 Å². The fraction of sp³-hybridized carbons (Fsp3) is 0.381. The van der Waals surface area contributed by atoms with E-state index in [1.54, 1.807) is 6.07 Å². The summed E-state index contributed by atoms with van der Waals surface area (Å²) in [4.78, 5) is 16.8. The standard InChI is InChI=1S/C21H26N2O2/c1-16(2)17-8-9-18(21(25)20(24)14-17)15-22-10-12-23(13-11-22)19-6-4-3-5-7-19/h3-9,14,16H,10-13,15H2,1-2H3,(H,24,25). The fourth-order valence-electron chi connectivity index (χ4n) is 3.23. The number of rotatable bonds is 4. The van der Waals surface area contributed by atoms with Crippen LogP contribution < -0.4 is 10.3 Å². The van der Waals surface area contributed by atoms with E-state index in [-0.39, 0.29) is 17.1 Å². The van der Waals surface area contributed by atoms with Crippen molar-refractivity contribution in [3.63, 3.8) is 0 Å². The lowest BCUT2D eigenvalue weighted by Gasteiger charge is -2.36. The molecule has 2 aromatic carbocycles. The van der Waals surface area contributed by atoms with Crippen molar-refractivity contribution < 1.29 is 5.11 Å². The highest BCUT2D eigenvalue weighted by Gasteiger charge is 2.18. The molecule has 0 radical (unpaired) electrons. The van der Waals surface area contributed by atoms with Crippen LogP contribution >= 0.6 is 0 Å². The molecule has 0 bridgehead atoms. The number of nitrogens with zero attached hydrogens (tertiary/aromatic N) is 2. The summed E-state index contributed by atoms with van der Waals surface area (Å²) >= 11 is 0. The van der Waals surface area contributed by atoms with Crippen molar-refractivity contribution >= 4 is 5.69 Å². The van der Waals surface area contributed by atoms with Crippen LogP contribution in [-0.2, 0) is 6.54 Å². The zero-order valence-electron chi connectivity index (χ0n) is 15.0. The van der Waals surface area contributed by atoms with Crippen molar-refractivity contribution in [1.82, 2.24) is 4.90 Å². The predicted octanol–water partition coefficient (Wildman–Crippen LogP) is 3.20. The van der Waals surface area contributed by atoms with Crippen molar-refractivity contribution in [2.75, 3.05) is 31.1 Å². The maximum Gasteiger partial charge on any atom is 0.220 e. The van der Waals surface area contributed by atoms with Crippen LogP contribution in [0.4, 0.5) is 5.69 Å². The molecule has 0 aromatic heterocycles. The Balaban J connectivity index is 1.69. The van der Waals surface area contributed by atoms with Gasteiger partial charge in [-0.05, 0) is 29.7 Å². The summed E-state index contributed by atoms with van der Waals surface area (Å²) in [6.45, 7) is 8.44. The van der Waals surface area contributed by atoms with Gasteiger partial charge in [0.1, 0.15) is 0 Å². The number of aromatic hydroxyl groups is 1. The Labute approximate surface area is 149 Å². The van der Waals surface area contributed by atoms with Crippen LogP contribution in [0.25, 0.3) is 0 Å². The Morgan fingerprint density at radius 3 is 2.32 bits per heavy atom. The van der Waals surface area contributed by atoms with Gasteiger partial charge in [-0.25, -0.2) is 0 Å². The largest absolute Gasteiger partial charge is 0.504 e. The minimum Gasteiger partial charge on any atom is -0.504 e. The number of hydrogen-bond donors (Lipinski definition) is 1. The molecule has 1 heterocycles. The van der Waals surface area contributed by atoms with Crippen molar-refractivity contribution in [1.29, 1.82) is 0 Å². The highest BCUT2D eigenvalue weighted by Crippen LogP contribution is 2.20. The SMILES string of the molecule is CC(C)c1ccc(CN2CCN(c3ccccc3)CC2)c(O)c(=O)c1. The summed E-state index contributed by atoms with van der Waals surface area (Å²) in [7, 11) is 0. The van der Waals surface area contributed by atoms with E-state index in [1.165, 1.54) is 5.69 Å². The predicted molar refractivity (Wildman–Crippen MR) is 102 cm³/mol. The average Bonchev–Trinajstić information content (AvgIpc) is 2.77. The van der Waals surface area contributed by atoms with Crippen LogP contribution in [0.2, 0.25) is 0 Å². The van der Waals surface area contributed by atoms with Gasteiger partial charge in [-0.2, -0.15) is 0 Å². The molecule has 3 rings (SSSR count). The summed E-state index contributed by atoms with van der Waals surface area (Å²) in [6, 6.07) is 15.8. The topological polar surface area (TPSA) is 43.8 Å². The molecule has 0 amide bonds. The van der Waals surface area contributed by atoms with Crippen LogP contribution in [0.15, 0.2) is 53.3 Å². The van der Waals surface area contributed by atoms with Crippen molar-refractivity contribution in [3.05, 3.63) is 69.9 Å². The molecule has 1 saturated heterocycles. The van der Waals surface area contributed by atoms with Gasteiger partial charge in [0.2, 0.25) is 5.43 Å². The number of para-hydroxylation sites is 1. The maximum atomic E-state index is 12.2. The summed E-state index contributed by atoms with van der Waals surface area (Å²) in [5.74, 6) is 0.152. The monoisotopic (exact) mass is 338 g/mol. The summed E-state index contributed by atoms with van der Waals surface area (Å²) in [6.07, 6.45) is 0. The van der Waals surface area contributed by atoms with Crippen molar-refractivity contribution in [2.45, 2.75) is 26.3 Å². The Morgan fingerprint density at radius 2 is 1.68 bits per heavy atom. The molecular formula is C21H26N2O2. The highest BCUT2D eigenvalue weighted by atomic mass is 16.3. The molecule has 0 atom stereocenters. The fourth-order valence-corrected chi connectivity index (χ4v) is 3.23. The third kappa shape index (κ3) is 4.20. The molecule has 1 N–H and O–H groups in total. The van der Waals surface area contributed by atoms with E-state index in [0.29, 0.717) is 12.1 Å². The lowest BCUT2D eigenvalue weighted by molar-refractivity contribution is 0.246. The van der Waals surface area contributed by atoms with E-state index < -0.39 is 0 Å². The van der Waals surface area contributed by atoms with E-state index in [1.807, 2.05) is 32.0 Å². The molecule has 132 valence electrons. The molecular weight excluding hydrogens is 312 g/mol. The Hall–Kier alpha value is -2.33. The number of anilines is 1. The van der Waals surface area contributed by atoms with Gasteiger partial charge >= 0.3 is 0 Å². The lowest BCUT2D eigenvalue weighted by Crippen LogP contribution is -2.46. The molecule has 1 aliphatic rings. The van der Waals surface area contributed by atoms with E-state index in [9.17, 15) is 9.90 Å². The number of benzene rings is 1. The van der Waals surface area contributed by atoms with Crippen LogP contribution in [0, 0.1) is 0 Å². The maximum absolute atomic E-state index is 12.2. The first-order valence-corrected chi connectivity index (χ1v) is 8.93. The van der Waals surface area contributed by atoms with Crippen molar-refractivity contribution in [2.24, 2.45) is 0 Å². The van der Waals surface area contributed by atoms with Gasteiger partial charge in [-0.1, -0.05) is 44.2 Å². The van der Waals surface area contributed by atoms with Gasteiger partial charge in [0, 0.05) is 44.0 Å². The smallest absolute Gasteiger partial charge is 0.220 e. The van der Waals surface area contributed by atoms with Gasteiger partial charge in [-0.15, -0.1) is 0 Å². The van der Waals surface area contributed by atoms with Crippen LogP contribution in [0.1, 0.15) is 30.9 Å². The minimum absolute atomic E-state index is 0.114. The molecule has 2 aromatic rings. The molecule has 0 saturated carbocycles. The highest BCUT2D eigenvalue weighted by molar-refractivity contribution is 5.46. The third-order valence-electron chi connectivity index (χ3n) is 4.87. The lowest BCUT2D eigenvalue weighted by atomic mass is 10.1. The molecule has 1 aliphatic heterocycles. The van der Waals surface area contributed by atoms with Gasteiger partial charge in [-0.3, -0.25) is 9.69 Å². The quantitative estimate of drug-likeness (QED) is 0.930. The van der Waals surface area contributed by atoms with Gasteiger partial charge in [0.25, 0.3) is 0 Å². The average molecular weight is 338 g/mol. The number of piperazine rings is 1. The molecule has 4 heteroatoms. The Kier molecular flexibility index (Phi) is 5.39. The summed E-state index contributed by atoms with van der Waals surface area (Å²) in [5, 5.41) is 10.3. The molecule has 25 heavy (non-hydrogen) atoms. The zero-order chi connectivity index (χ0) is 17.8. The van der Waals surface area contributed by atoms with E-state index in [2.05, 4.69) is 34.1 Å². The third-order valence-corrected chi connectivity index (χ3v) is 4.87. The van der Waals surface area contributed by atoms with Crippen molar-refractivity contribution in [3.8, 4) is 5.75 Å². The zero-order valence-corrected chi connectivity index (χ0v) is 15.0. The number of hydrogen-bond acceptors (Lipinski definition) is 4. The van der Waals surface area contributed by atoms with Crippen LogP contribution in [0.5, 0.6) is 5.75 Å². The molecule has 1 fully saturated rings. The van der Waals surface area contributed by atoms with E-state index >= 15 is 0 Å².